The SMILES string of the molecule is CN1CCOC2CN(c3ncnc4cc(-c5ccc(Cl)cc5)sc34)CC21. The van der Waals surface area contributed by atoms with E-state index in [9.17, 15) is 0 Å². The molecule has 2 unspecified atom stereocenters. The van der Waals surface area contributed by atoms with Crippen LogP contribution in [-0.2, 0) is 4.74 Å². The number of morpholine rings is 1. The van der Waals surface area contributed by atoms with Gasteiger partial charge in [-0.3, -0.25) is 4.90 Å². The van der Waals surface area contributed by atoms with Gasteiger partial charge in [-0.15, -0.1) is 11.3 Å². The molecule has 134 valence electrons. The van der Waals surface area contributed by atoms with E-state index in [1.807, 2.05) is 24.3 Å². The molecule has 0 bridgehead atoms. The predicted molar refractivity (Wildman–Crippen MR) is 106 cm³/mol. The molecular formula is C19H19ClN4OS. The van der Waals surface area contributed by atoms with Crippen molar-refractivity contribution in [3.8, 4) is 10.4 Å². The number of rotatable bonds is 2. The van der Waals surface area contributed by atoms with Crippen LogP contribution in [0.1, 0.15) is 0 Å². The standard InChI is InChI=1S/C19H19ClN4OS/c1-23-6-7-25-16-10-24(9-15(16)23)19-18-14(21-11-22-19)8-17(26-18)12-2-4-13(20)5-3-12/h2-5,8,11,15-16H,6-7,9-10H2,1H3. The Bertz CT molecular complexity index is 944. The Hall–Kier alpha value is -1.73. The smallest absolute Gasteiger partial charge is 0.150 e. The summed E-state index contributed by atoms with van der Waals surface area (Å²) in [6.07, 6.45) is 1.93. The molecule has 0 N–H and O–H groups in total. The van der Waals surface area contributed by atoms with Crippen LogP contribution in [0.15, 0.2) is 36.7 Å². The van der Waals surface area contributed by atoms with Gasteiger partial charge in [0.1, 0.15) is 12.1 Å². The van der Waals surface area contributed by atoms with Crippen molar-refractivity contribution in [3.63, 3.8) is 0 Å². The molecule has 0 amide bonds. The van der Waals surface area contributed by atoms with E-state index in [0.717, 1.165) is 52.9 Å². The van der Waals surface area contributed by atoms with E-state index in [0.29, 0.717) is 6.04 Å². The third-order valence-corrected chi connectivity index (χ3v) is 6.72. The minimum Gasteiger partial charge on any atom is -0.373 e. The van der Waals surface area contributed by atoms with Crippen LogP contribution in [-0.4, -0.2) is 60.3 Å². The average Bonchev–Trinajstić information content (AvgIpc) is 3.27. The Labute approximate surface area is 161 Å². The number of aromatic nitrogens is 2. The molecule has 26 heavy (non-hydrogen) atoms. The molecule has 2 aliphatic rings. The number of thiophene rings is 1. The van der Waals surface area contributed by atoms with Crippen molar-refractivity contribution in [3.05, 3.63) is 41.7 Å². The number of halogens is 1. The number of ether oxygens (including phenoxy) is 1. The molecule has 4 heterocycles. The maximum absolute atomic E-state index is 6.02. The van der Waals surface area contributed by atoms with Gasteiger partial charge >= 0.3 is 0 Å². The third-order valence-electron chi connectivity index (χ3n) is 5.30. The first-order valence-corrected chi connectivity index (χ1v) is 9.96. The first kappa shape index (κ1) is 16.4. The molecular weight excluding hydrogens is 368 g/mol. The molecule has 0 radical (unpaired) electrons. The molecule has 2 aliphatic heterocycles. The summed E-state index contributed by atoms with van der Waals surface area (Å²) in [4.78, 5) is 15.0. The molecule has 5 rings (SSSR count). The van der Waals surface area contributed by atoms with E-state index < -0.39 is 0 Å². The van der Waals surface area contributed by atoms with Gasteiger partial charge in [-0.05, 0) is 30.8 Å². The van der Waals surface area contributed by atoms with Gasteiger partial charge < -0.3 is 9.64 Å². The van der Waals surface area contributed by atoms with E-state index in [-0.39, 0.29) is 6.10 Å². The second-order valence-electron chi connectivity index (χ2n) is 6.89. The summed E-state index contributed by atoms with van der Waals surface area (Å²) >= 11 is 7.76. The largest absolute Gasteiger partial charge is 0.373 e. The molecule has 2 atom stereocenters. The number of hydrogen-bond acceptors (Lipinski definition) is 6. The molecule has 0 aliphatic carbocycles. The molecule has 0 saturated carbocycles. The van der Waals surface area contributed by atoms with Crippen LogP contribution in [0.3, 0.4) is 0 Å². The van der Waals surface area contributed by atoms with Crippen LogP contribution < -0.4 is 4.90 Å². The predicted octanol–water partition coefficient (Wildman–Crippen LogP) is 3.53. The molecule has 2 saturated heterocycles. The Morgan fingerprint density at radius 3 is 2.85 bits per heavy atom. The highest BCUT2D eigenvalue weighted by Crippen LogP contribution is 2.38. The van der Waals surface area contributed by atoms with Crippen molar-refractivity contribution in [2.45, 2.75) is 12.1 Å². The van der Waals surface area contributed by atoms with Crippen LogP contribution in [0.2, 0.25) is 5.02 Å². The number of fused-ring (bicyclic) bond motifs is 2. The zero-order valence-electron chi connectivity index (χ0n) is 14.4. The highest BCUT2D eigenvalue weighted by molar-refractivity contribution is 7.22. The quantitative estimate of drug-likeness (QED) is 0.674. The fourth-order valence-corrected chi connectivity index (χ4v) is 5.11. The number of nitrogens with zero attached hydrogens (tertiary/aromatic N) is 4. The van der Waals surface area contributed by atoms with E-state index in [2.05, 4.69) is 32.9 Å². The van der Waals surface area contributed by atoms with E-state index >= 15 is 0 Å². The summed E-state index contributed by atoms with van der Waals surface area (Å²) < 4.78 is 7.12. The van der Waals surface area contributed by atoms with E-state index in [4.69, 9.17) is 16.3 Å². The molecule has 1 aromatic carbocycles. The molecule has 7 heteroatoms. The lowest BCUT2D eigenvalue weighted by Crippen LogP contribution is -2.48. The summed E-state index contributed by atoms with van der Waals surface area (Å²) in [5.41, 5.74) is 2.15. The van der Waals surface area contributed by atoms with Crippen LogP contribution in [0.25, 0.3) is 20.7 Å². The molecule has 2 aromatic heterocycles. The zero-order chi connectivity index (χ0) is 17.7. The number of hydrogen-bond donors (Lipinski definition) is 0. The van der Waals surface area contributed by atoms with Gasteiger partial charge in [0.2, 0.25) is 0 Å². The Kier molecular flexibility index (Phi) is 4.09. The third kappa shape index (κ3) is 2.77. The second-order valence-corrected chi connectivity index (χ2v) is 8.38. The van der Waals surface area contributed by atoms with Gasteiger partial charge in [0, 0.05) is 29.5 Å². The van der Waals surface area contributed by atoms with Crippen molar-refractivity contribution in [1.82, 2.24) is 14.9 Å². The lowest BCUT2D eigenvalue weighted by atomic mass is 10.1. The highest BCUT2D eigenvalue weighted by Gasteiger charge is 2.39. The van der Waals surface area contributed by atoms with Crippen molar-refractivity contribution in [2.24, 2.45) is 0 Å². The Balaban J connectivity index is 1.51. The minimum absolute atomic E-state index is 0.259. The van der Waals surface area contributed by atoms with Crippen LogP contribution >= 0.6 is 22.9 Å². The normalized spacial score (nSPS) is 23.5. The van der Waals surface area contributed by atoms with E-state index in [1.165, 1.54) is 4.88 Å². The summed E-state index contributed by atoms with van der Waals surface area (Å²) in [6.45, 7) is 3.63. The monoisotopic (exact) mass is 386 g/mol. The molecule has 5 nitrogen and oxygen atoms in total. The summed E-state index contributed by atoms with van der Waals surface area (Å²) in [5, 5.41) is 0.749. The Morgan fingerprint density at radius 2 is 2.04 bits per heavy atom. The number of benzene rings is 1. The van der Waals surface area contributed by atoms with Crippen molar-refractivity contribution < 1.29 is 4.74 Å². The zero-order valence-corrected chi connectivity index (χ0v) is 16.0. The first-order valence-electron chi connectivity index (χ1n) is 8.76. The van der Waals surface area contributed by atoms with Gasteiger partial charge in [0.25, 0.3) is 0 Å². The van der Waals surface area contributed by atoms with Crippen molar-refractivity contribution in [1.29, 1.82) is 0 Å². The maximum Gasteiger partial charge on any atom is 0.150 e. The van der Waals surface area contributed by atoms with Gasteiger partial charge in [-0.1, -0.05) is 23.7 Å². The minimum atomic E-state index is 0.259. The first-order chi connectivity index (χ1) is 12.7. The van der Waals surface area contributed by atoms with Crippen molar-refractivity contribution in [2.75, 3.05) is 38.2 Å². The average molecular weight is 387 g/mol. The van der Waals surface area contributed by atoms with Crippen LogP contribution in [0.4, 0.5) is 5.82 Å². The Morgan fingerprint density at radius 1 is 1.19 bits per heavy atom. The van der Waals surface area contributed by atoms with Gasteiger partial charge in [0.05, 0.1) is 29.0 Å². The highest BCUT2D eigenvalue weighted by atomic mass is 35.5. The van der Waals surface area contributed by atoms with Crippen LogP contribution in [0.5, 0.6) is 0 Å². The summed E-state index contributed by atoms with van der Waals surface area (Å²) in [5.74, 6) is 1.02. The second kappa shape index (κ2) is 6.46. The van der Waals surface area contributed by atoms with Crippen molar-refractivity contribution >= 4 is 39.0 Å². The lowest BCUT2D eigenvalue weighted by molar-refractivity contribution is -0.0362. The van der Waals surface area contributed by atoms with Gasteiger partial charge in [-0.25, -0.2) is 9.97 Å². The fraction of sp³-hybridized carbons (Fsp3) is 0.368. The number of likely N-dealkylation sites (N-methyl/N-ethyl adjacent to an activating group) is 1. The summed E-state index contributed by atoms with van der Waals surface area (Å²) in [6, 6.07) is 10.5. The molecule has 3 aromatic rings. The topological polar surface area (TPSA) is 41.5 Å². The molecule has 2 fully saturated rings. The lowest BCUT2D eigenvalue weighted by Gasteiger charge is -2.33. The van der Waals surface area contributed by atoms with E-state index in [1.54, 1.807) is 17.7 Å². The van der Waals surface area contributed by atoms with Gasteiger partial charge in [0.15, 0.2) is 0 Å². The summed E-state index contributed by atoms with van der Waals surface area (Å²) in [7, 11) is 2.18. The van der Waals surface area contributed by atoms with Crippen LogP contribution in [0, 0.1) is 0 Å². The number of anilines is 1. The fourth-order valence-electron chi connectivity index (χ4n) is 3.85. The molecule has 0 spiro atoms. The van der Waals surface area contributed by atoms with Gasteiger partial charge in [-0.2, -0.15) is 0 Å². The maximum atomic E-state index is 6.02.